The van der Waals surface area contributed by atoms with Gasteiger partial charge in [0.1, 0.15) is 29.5 Å². The van der Waals surface area contributed by atoms with Crippen LogP contribution in [-0.2, 0) is 36.9 Å². The Morgan fingerprint density at radius 1 is 1.00 bits per heavy atom. The molecule has 6 atom stereocenters. The summed E-state index contributed by atoms with van der Waals surface area (Å²) in [6.07, 6.45) is -9.73. The summed E-state index contributed by atoms with van der Waals surface area (Å²) in [7, 11) is -2.57. The molecule has 65 heavy (non-hydrogen) atoms. The van der Waals surface area contributed by atoms with Crippen molar-refractivity contribution in [3.8, 4) is 34.2 Å². The number of nitrogens with zero attached hydrogens (tertiary/aromatic N) is 2. The molecule has 0 amide bonds. The number of methoxy groups -OCH3 is 1. The van der Waals surface area contributed by atoms with Crippen LogP contribution < -0.4 is 15.6 Å². The van der Waals surface area contributed by atoms with Crippen molar-refractivity contribution in [2.75, 3.05) is 13.7 Å². The van der Waals surface area contributed by atoms with Gasteiger partial charge in [0.15, 0.2) is 23.6 Å². The minimum absolute atomic E-state index is 0.0173. The minimum Gasteiger partial charge on any atom is -0.507 e. The summed E-state index contributed by atoms with van der Waals surface area (Å²) in [5.41, 5.74) is 3.37. The van der Waals surface area contributed by atoms with E-state index in [1.807, 2.05) is 6.92 Å². The molecular formula is C44H43F3N4O13S. The highest BCUT2D eigenvalue weighted by atomic mass is 32.2. The van der Waals surface area contributed by atoms with E-state index in [1.165, 1.54) is 49.6 Å². The maximum atomic E-state index is 13.6. The van der Waals surface area contributed by atoms with Gasteiger partial charge in [-0.1, -0.05) is 42.0 Å². The molecule has 9 N–H and O–H groups in total. The van der Waals surface area contributed by atoms with E-state index in [0.29, 0.717) is 5.56 Å². The number of sulfonamides is 1. The van der Waals surface area contributed by atoms with Crippen molar-refractivity contribution in [3.05, 3.63) is 117 Å². The number of halogens is 3. The van der Waals surface area contributed by atoms with E-state index in [0.717, 1.165) is 16.3 Å². The number of ketones is 3. The highest BCUT2D eigenvalue weighted by molar-refractivity contribution is 7.89. The van der Waals surface area contributed by atoms with Crippen molar-refractivity contribution >= 4 is 27.4 Å². The van der Waals surface area contributed by atoms with Crippen LogP contribution in [0.15, 0.2) is 77.7 Å². The predicted molar refractivity (Wildman–Crippen MR) is 222 cm³/mol. The molecule has 0 radical (unpaired) electrons. The third-order valence-electron chi connectivity index (χ3n) is 11.6. The number of hydrogen-bond donors (Lipinski definition) is 7. The zero-order valence-electron chi connectivity index (χ0n) is 34.7. The number of ether oxygens (including phenoxy) is 3. The fraction of sp³-hybridized carbons (Fsp3) is 0.318. The number of aromatic nitrogens is 2. The number of alkyl halides is 3. The number of aliphatic hydroxyl groups is 3. The molecule has 5 aromatic rings. The van der Waals surface area contributed by atoms with Crippen LogP contribution >= 0.6 is 0 Å². The number of carbonyl (C=O) groups is 3. The van der Waals surface area contributed by atoms with Gasteiger partial charge in [-0.25, -0.2) is 18.2 Å². The Bertz CT molecular complexity index is 2800. The maximum Gasteiger partial charge on any atom is 0.435 e. The van der Waals surface area contributed by atoms with Crippen molar-refractivity contribution in [1.29, 1.82) is 0 Å². The molecule has 4 aromatic carbocycles. The number of rotatable bonds is 8. The molecule has 344 valence electrons. The molecule has 1 aromatic heterocycles. The van der Waals surface area contributed by atoms with Gasteiger partial charge in [-0.2, -0.15) is 18.3 Å². The molecule has 8 rings (SSSR count). The Balaban J connectivity index is 0.000000210. The van der Waals surface area contributed by atoms with Gasteiger partial charge < -0.3 is 45.5 Å². The van der Waals surface area contributed by atoms with Gasteiger partial charge in [0.25, 0.3) is 0 Å². The number of aliphatic hydroxyl groups excluding tert-OH is 2. The van der Waals surface area contributed by atoms with Crippen LogP contribution in [0.25, 0.3) is 16.9 Å². The summed E-state index contributed by atoms with van der Waals surface area (Å²) >= 11 is 0. The lowest BCUT2D eigenvalue weighted by molar-refractivity contribution is -0.247. The second-order valence-electron chi connectivity index (χ2n) is 15.9. The largest absolute Gasteiger partial charge is 0.507 e. The molecule has 0 spiro atoms. The summed E-state index contributed by atoms with van der Waals surface area (Å²) in [6.45, 7) is 2.43. The van der Waals surface area contributed by atoms with E-state index >= 15 is 0 Å². The molecule has 1 aliphatic heterocycles. The minimum atomic E-state index is -4.61. The Morgan fingerprint density at radius 3 is 2.23 bits per heavy atom. The molecule has 21 heteroatoms. The SMILES string of the molecule is COc1cccc2c1C(=O)c1c(O)c3c(c(O)c1C2=O)C[C@@](O)(C(=O)CO)C[C@@H]3O[C@H]1C[C@H](N)[C@@H](O)[C@H](C)O1.Cc1ccc(-c2cc(C(F)(F)F)nn2-c2ccc(S(N)(=O)=O)cc2)cc1. The van der Waals surface area contributed by atoms with Crippen molar-refractivity contribution in [1.82, 2.24) is 9.78 Å². The second-order valence-corrected chi connectivity index (χ2v) is 17.5. The number of phenolic OH excluding ortho intramolecular Hbond substituents is 2. The van der Waals surface area contributed by atoms with Crippen molar-refractivity contribution in [2.45, 2.75) is 80.4 Å². The van der Waals surface area contributed by atoms with E-state index in [4.69, 9.17) is 25.1 Å². The standard InChI is InChI=1S/C27H29NO11.C17H14F3N3O2S/c1-10-22(31)13(28)6-17(38-10)39-15-8-27(36,16(30)9-29)7-12-19(15)26(35)21-20(24(12)33)23(32)11-4-3-5-14(37-2)18(11)25(21)34;1-11-2-4-12(5-3-11)15-10-16(17(18,19)20)22-23(15)13-6-8-14(9-7-13)26(21,24)25/h3-5,10,13,15,17,22,29,31,33,35-36H,6-9,28H2,1-2H3;2-10H,1H3,(H2,21,24,25)/t10-,13-,15-,17-,22-,27-;/m0./s1. The first-order chi connectivity index (χ1) is 30.5. The number of phenols is 2. The van der Waals surface area contributed by atoms with Crippen LogP contribution in [0.4, 0.5) is 13.2 Å². The van der Waals surface area contributed by atoms with Gasteiger partial charge in [0.05, 0.1) is 58.4 Å². The smallest absolute Gasteiger partial charge is 0.435 e. The van der Waals surface area contributed by atoms with Crippen molar-refractivity contribution in [3.63, 3.8) is 0 Å². The highest BCUT2D eigenvalue weighted by Crippen LogP contribution is 2.52. The van der Waals surface area contributed by atoms with E-state index in [9.17, 15) is 61.5 Å². The maximum absolute atomic E-state index is 13.6. The lowest BCUT2D eigenvalue weighted by Crippen LogP contribution is -2.53. The Morgan fingerprint density at radius 2 is 1.65 bits per heavy atom. The number of aromatic hydroxyl groups is 2. The number of benzene rings is 4. The van der Waals surface area contributed by atoms with Gasteiger partial charge in [-0.3, -0.25) is 14.4 Å². The summed E-state index contributed by atoms with van der Waals surface area (Å²) in [6, 6.07) is 16.7. The molecule has 0 unspecified atom stereocenters. The molecule has 0 saturated carbocycles. The van der Waals surface area contributed by atoms with E-state index in [-0.39, 0.29) is 50.7 Å². The van der Waals surface area contributed by atoms with E-state index in [2.05, 4.69) is 5.10 Å². The molecular weight excluding hydrogens is 882 g/mol. The van der Waals surface area contributed by atoms with E-state index < -0.39 is 118 Å². The van der Waals surface area contributed by atoms with Crippen LogP contribution in [-0.4, -0.2) is 105 Å². The van der Waals surface area contributed by atoms with Crippen LogP contribution in [0, 0.1) is 6.92 Å². The average Bonchev–Trinajstić information content (AvgIpc) is 3.72. The van der Waals surface area contributed by atoms with Crippen molar-refractivity contribution in [2.24, 2.45) is 10.9 Å². The second kappa shape index (κ2) is 17.4. The third kappa shape index (κ3) is 8.76. The first-order valence-electron chi connectivity index (χ1n) is 19.8. The number of hydrogen-bond acceptors (Lipinski definition) is 15. The number of primary sulfonamides is 1. The third-order valence-corrected chi connectivity index (χ3v) is 12.5. The summed E-state index contributed by atoms with van der Waals surface area (Å²) in [5, 5.41) is 62.4. The zero-order chi connectivity index (χ0) is 47.5. The predicted octanol–water partition coefficient (Wildman–Crippen LogP) is 3.52. The van der Waals surface area contributed by atoms with Gasteiger partial charge in [0.2, 0.25) is 15.8 Å². The summed E-state index contributed by atoms with van der Waals surface area (Å²) in [4.78, 5) is 39.6. The molecule has 1 saturated heterocycles. The van der Waals surface area contributed by atoms with Crippen LogP contribution in [0.1, 0.15) is 80.1 Å². The van der Waals surface area contributed by atoms with E-state index in [1.54, 1.807) is 31.2 Å². The monoisotopic (exact) mass is 924 g/mol. The molecule has 17 nitrogen and oxygen atoms in total. The molecule has 0 bridgehead atoms. The highest BCUT2D eigenvalue weighted by Gasteiger charge is 2.50. The molecule has 3 aliphatic rings. The Kier molecular flexibility index (Phi) is 12.6. The number of carbonyl (C=O) groups excluding carboxylic acids is 3. The fourth-order valence-electron chi connectivity index (χ4n) is 8.17. The molecule has 2 heterocycles. The van der Waals surface area contributed by atoms with Gasteiger partial charge >= 0.3 is 6.18 Å². The van der Waals surface area contributed by atoms with Gasteiger partial charge in [-0.05, 0) is 50.2 Å². The molecule has 2 aliphatic carbocycles. The first kappa shape index (κ1) is 46.9. The Hall–Kier alpha value is -6.04. The number of aryl methyl sites for hydroxylation is 1. The van der Waals surface area contributed by atoms with Gasteiger partial charge in [0, 0.05) is 47.6 Å². The zero-order valence-corrected chi connectivity index (χ0v) is 35.6. The van der Waals surface area contributed by atoms with Crippen LogP contribution in [0.3, 0.4) is 0 Å². The number of nitrogens with two attached hydrogens (primary N) is 2. The normalized spacial score (nSPS) is 22.8. The number of fused-ring (bicyclic) bond motifs is 3. The van der Waals surface area contributed by atoms with Crippen molar-refractivity contribution < 1.29 is 75.7 Å². The van der Waals surface area contributed by atoms with Crippen LogP contribution in [0.5, 0.6) is 17.2 Å². The van der Waals surface area contributed by atoms with Gasteiger partial charge in [-0.15, -0.1) is 0 Å². The quantitative estimate of drug-likeness (QED) is 0.108. The number of Topliss-reactive ketones (excluding diaryl/α,β-unsaturated/α-hetero) is 1. The average molecular weight is 925 g/mol. The topological polar surface area (TPSA) is 284 Å². The van der Waals surface area contributed by atoms with Crippen LogP contribution in [0.2, 0.25) is 0 Å². The molecule has 1 fully saturated rings. The fourth-order valence-corrected chi connectivity index (χ4v) is 8.69. The summed E-state index contributed by atoms with van der Waals surface area (Å²) < 4.78 is 80.2. The lowest BCUT2D eigenvalue weighted by atomic mass is 9.72. The Labute approximate surface area is 368 Å². The lowest BCUT2D eigenvalue weighted by Gasteiger charge is -2.42. The summed E-state index contributed by atoms with van der Waals surface area (Å²) in [5.74, 6) is -3.77. The first-order valence-corrected chi connectivity index (χ1v) is 21.4.